The van der Waals surface area contributed by atoms with E-state index >= 15 is 0 Å². The molecule has 0 bridgehead atoms. The van der Waals surface area contributed by atoms with Crippen molar-refractivity contribution in [3.63, 3.8) is 0 Å². The van der Waals surface area contributed by atoms with Crippen LogP contribution in [-0.2, 0) is 4.74 Å². The zero-order chi connectivity index (χ0) is 12.6. The van der Waals surface area contributed by atoms with Crippen LogP contribution in [0.15, 0.2) is 22.8 Å². The first kappa shape index (κ1) is 12.3. The second kappa shape index (κ2) is 4.63. The number of benzene rings is 1. The third kappa shape index (κ3) is 2.15. The highest BCUT2D eigenvalue weighted by Gasteiger charge is 2.14. The second-order valence-corrected chi connectivity index (χ2v) is 4.90. The van der Waals surface area contributed by atoms with Crippen LogP contribution >= 0.6 is 27.5 Å². The van der Waals surface area contributed by atoms with E-state index in [0.29, 0.717) is 16.1 Å². The van der Waals surface area contributed by atoms with Gasteiger partial charge in [-0.2, -0.15) is 0 Å². The summed E-state index contributed by atoms with van der Waals surface area (Å²) < 4.78 is 5.55. The number of rotatable bonds is 1. The van der Waals surface area contributed by atoms with Crippen molar-refractivity contribution in [2.45, 2.75) is 6.92 Å². The van der Waals surface area contributed by atoms with Gasteiger partial charge in [0, 0.05) is 16.1 Å². The fourth-order valence-electron chi connectivity index (χ4n) is 1.67. The lowest BCUT2D eigenvalue weighted by Gasteiger charge is -2.08. The zero-order valence-corrected chi connectivity index (χ0v) is 11.6. The van der Waals surface area contributed by atoms with Gasteiger partial charge in [-0.05, 0) is 24.6 Å². The Labute approximate surface area is 112 Å². The number of carbonyl (C=O) groups is 1. The maximum Gasteiger partial charge on any atom is 0.339 e. The van der Waals surface area contributed by atoms with Crippen molar-refractivity contribution < 1.29 is 9.53 Å². The summed E-state index contributed by atoms with van der Waals surface area (Å²) >= 11 is 9.46. The van der Waals surface area contributed by atoms with E-state index in [1.807, 2.05) is 13.0 Å². The SMILES string of the molecule is COC(=O)c1cnc2c(Cl)cc(Br)cc2c1C. The van der Waals surface area contributed by atoms with Gasteiger partial charge in [-0.1, -0.05) is 27.5 Å². The Morgan fingerprint density at radius 1 is 1.47 bits per heavy atom. The molecule has 0 saturated carbocycles. The van der Waals surface area contributed by atoms with Crippen molar-refractivity contribution in [3.8, 4) is 0 Å². The van der Waals surface area contributed by atoms with Crippen molar-refractivity contribution in [1.82, 2.24) is 4.98 Å². The van der Waals surface area contributed by atoms with Crippen LogP contribution in [0.25, 0.3) is 10.9 Å². The lowest BCUT2D eigenvalue weighted by molar-refractivity contribution is 0.0599. The molecule has 1 heterocycles. The van der Waals surface area contributed by atoms with Gasteiger partial charge < -0.3 is 4.74 Å². The summed E-state index contributed by atoms with van der Waals surface area (Å²) in [5, 5.41) is 1.39. The predicted octanol–water partition coefficient (Wildman–Crippen LogP) is 3.75. The van der Waals surface area contributed by atoms with Crippen LogP contribution in [0.1, 0.15) is 15.9 Å². The molecule has 0 aliphatic heterocycles. The Balaban J connectivity index is 2.79. The zero-order valence-electron chi connectivity index (χ0n) is 9.25. The quantitative estimate of drug-likeness (QED) is 0.753. The number of nitrogens with zero attached hydrogens (tertiary/aromatic N) is 1. The van der Waals surface area contributed by atoms with E-state index in [-0.39, 0.29) is 0 Å². The van der Waals surface area contributed by atoms with Gasteiger partial charge in [0.25, 0.3) is 0 Å². The van der Waals surface area contributed by atoms with Crippen molar-refractivity contribution in [3.05, 3.63) is 39.0 Å². The summed E-state index contributed by atoms with van der Waals surface area (Å²) in [6.07, 6.45) is 1.49. The number of hydrogen-bond acceptors (Lipinski definition) is 3. The van der Waals surface area contributed by atoms with Gasteiger partial charge in [-0.3, -0.25) is 4.98 Å². The van der Waals surface area contributed by atoms with E-state index in [0.717, 1.165) is 15.4 Å². The third-order valence-electron chi connectivity index (χ3n) is 2.56. The molecular weight excluding hydrogens is 305 g/mol. The minimum atomic E-state index is -0.395. The number of halogens is 2. The molecule has 0 amide bonds. The number of carbonyl (C=O) groups excluding carboxylic acids is 1. The van der Waals surface area contributed by atoms with Gasteiger partial charge in [-0.25, -0.2) is 4.79 Å². The first-order chi connectivity index (χ1) is 8.04. The van der Waals surface area contributed by atoms with Crippen molar-refractivity contribution in [1.29, 1.82) is 0 Å². The summed E-state index contributed by atoms with van der Waals surface area (Å²) in [6.45, 7) is 1.85. The average molecular weight is 315 g/mol. The first-order valence-electron chi connectivity index (χ1n) is 4.87. The van der Waals surface area contributed by atoms with Crippen LogP contribution in [0.3, 0.4) is 0 Å². The van der Waals surface area contributed by atoms with E-state index in [1.165, 1.54) is 13.3 Å². The molecule has 0 aliphatic rings. The lowest BCUT2D eigenvalue weighted by Crippen LogP contribution is -2.05. The Hall–Kier alpha value is -1.13. The summed E-state index contributed by atoms with van der Waals surface area (Å²) in [6, 6.07) is 3.66. The van der Waals surface area contributed by atoms with Crippen LogP contribution in [-0.4, -0.2) is 18.1 Å². The number of hydrogen-bond donors (Lipinski definition) is 0. The molecule has 0 N–H and O–H groups in total. The molecule has 2 rings (SSSR count). The smallest absolute Gasteiger partial charge is 0.339 e. The molecular formula is C12H9BrClNO2. The summed E-state index contributed by atoms with van der Waals surface area (Å²) in [7, 11) is 1.35. The molecule has 0 aliphatic carbocycles. The standard InChI is InChI=1S/C12H9BrClNO2/c1-6-8-3-7(13)4-10(14)11(8)15-5-9(6)12(16)17-2/h3-5H,1-2H3. The molecule has 0 radical (unpaired) electrons. The number of fused-ring (bicyclic) bond motifs is 1. The Kier molecular flexibility index (Phi) is 3.35. The molecule has 0 spiro atoms. The Morgan fingerprint density at radius 2 is 2.18 bits per heavy atom. The molecule has 1 aromatic heterocycles. The number of esters is 1. The van der Waals surface area contributed by atoms with Crippen LogP contribution < -0.4 is 0 Å². The first-order valence-corrected chi connectivity index (χ1v) is 6.04. The number of aromatic nitrogens is 1. The number of methoxy groups -OCH3 is 1. The highest BCUT2D eigenvalue weighted by atomic mass is 79.9. The highest BCUT2D eigenvalue weighted by molar-refractivity contribution is 9.10. The van der Waals surface area contributed by atoms with Gasteiger partial charge in [0.1, 0.15) is 0 Å². The van der Waals surface area contributed by atoms with Gasteiger partial charge in [0.2, 0.25) is 0 Å². The number of aryl methyl sites for hydroxylation is 1. The maximum atomic E-state index is 11.5. The molecule has 5 heteroatoms. The molecule has 0 saturated heterocycles. The van der Waals surface area contributed by atoms with Crippen molar-refractivity contribution in [2.75, 3.05) is 7.11 Å². The van der Waals surface area contributed by atoms with E-state index in [2.05, 4.69) is 20.9 Å². The molecule has 88 valence electrons. The van der Waals surface area contributed by atoms with E-state index in [1.54, 1.807) is 6.07 Å². The molecule has 3 nitrogen and oxygen atoms in total. The van der Waals surface area contributed by atoms with Crippen LogP contribution in [0.2, 0.25) is 5.02 Å². The van der Waals surface area contributed by atoms with Crippen LogP contribution in [0.4, 0.5) is 0 Å². The maximum absolute atomic E-state index is 11.5. The molecule has 0 unspecified atom stereocenters. The monoisotopic (exact) mass is 313 g/mol. The van der Waals surface area contributed by atoms with Crippen molar-refractivity contribution in [2.24, 2.45) is 0 Å². The van der Waals surface area contributed by atoms with E-state index in [9.17, 15) is 4.79 Å². The molecule has 0 fully saturated rings. The van der Waals surface area contributed by atoms with Crippen molar-refractivity contribution >= 4 is 44.4 Å². The number of pyridine rings is 1. The normalized spacial score (nSPS) is 10.6. The largest absolute Gasteiger partial charge is 0.465 e. The van der Waals surface area contributed by atoms with Gasteiger partial charge in [0.15, 0.2) is 0 Å². The van der Waals surface area contributed by atoms with Crippen LogP contribution in [0, 0.1) is 6.92 Å². The van der Waals surface area contributed by atoms with Gasteiger partial charge >= 0.3 is 5.97 Å². The van der Waals surface area contributed by atoms with E-state index in [4.69, 9.17) is 16.3 Å². The topological polar surface area (TPSA) is 39.2 Å². The number of ether oxygens (including phenoxy) is 1. The minimum Gasteiger partial charge on any atom is -0.465 e. The molecule has 2 aromatic rings. The molecule has 1 aromatic carbocycles. The van der Waals surface area contributed by atoms with Gasteiger partial charge in [-0.15, -0.1) is 0 Å². The van der Waals surface area contributed by atoms with Gasteiger partial charge in [0.05, 0.1) is 23.2 Å². The third-order valence-corrected chi connectivity index (χ3v) is 3.31. The fraction of sp³-hybridized carbons (Fsp3) is 0.167. The Bertz CT molecular complexity index is 613. The Morgan fingerprint density at radius 3 is 2.82 bits per heavy atom. The molecule has 0 atom stereocenters. The van der Waals surface area contributed by atoms with E-state index < -0.39 is 5.97 Å². The fourth-order valence-corrected chi connectivity index (χ4v) is 2.53. The highest BCUT2D eigenvalue weighted by Crippen LogP contribution is 2.29. The summed E-state index contributed by atoms with van der Waals surface area (Å²) in [5.41, 5.74) is 1.94. The average Bonchev–Trinajstić information content (AvgIpc) is 2.29. The minimum absolute atomic E-state index is 0.395. The summed E-state index contributed by atoms with van der Waals surface area (Å²) in [5.74, 6) is -0.395. The van der Waals surface area contributed by atoms with Crippen LogP contribution in [0.5, 0.6) is 0 Å². The predicted molar refractivity (Wildman–Crippen MR) is 70.5 cm³/mol. The lowest BCUT2D eigenvalue weighted by atomic mass is 10.1. The second-order valence-electron chi connectivity index (χ2n) is 3.57. The molecule has 17 heavy (non-hydrogen) atoms. The summed E-state index contributed by atoms with van der Waals surface area (Å²) in [4.78, 5) is 15.7.